The Bertz CT molecular complexity index is 597. The topological polar surface area (TPSA) is 20.2 Å². The summed E-state index contributed by atoms with van der Waals surface area (Å²) in [5.74, 6) is 7.70. The van der Waals surface area contributed by atoms with Crippen molar-refractivity contribution in [2.45, 2.75) is 119 Å². The van der Waals surface area contributed by atoms with Crippen LogP contribution < -0.4 is 0 Å². The van der Waals surface area contributed by atoms with Gasteiger partial charge in [-0.1, -0.05) is 61.3 Å². The lowest BCUT2D eigenvalue weighted by molar-refractivity contribution is -0.149. The van der Waals surface area contributed by atoms with Crippen molar-refractivity contribution in [2.24, 2.45) is 64.1 Å². The first-order valence-corrected chi connectivity index (χ1v) is 13.8. The van der Waals surface area contributed by atoms with E-state index in [1.165, 1.54) is 57.8 Å². The van der Waals surface area contributed by atoms with Gasteiger partial charge in [-0.25, -0.2) is 0 Å². The fraction of sp³-hybridized carbons (Fsp3) is 1.00. The second-order valence-electron chi connectivity index (χ2n) is 13.5. The minimum Gasteiger partial charge on any atom is -0.393 e. The van der Waals surface area contributed by atoms with Crippen molar-refractivity contribution < 1.29 is 5.11 Å². The molecule has 0 amide bonds. The molecule has 1 N–H and O–H groups in total. The molecule has 0 bridgehead atoms. The molecule has 0 spiro atoms. The van der Waals surface area contributed by atoms with Crippen molar-refractivity contribution in [3.8, 4) is 0 Å². The van der Waals surface area contributed by atoms with Gasteiger partial charge >= 0.3 is 0 Å². The summed E-state index contributed by atoms with van der Waals surface area (Å²) >= 11 is 0. The van der Waals surface area contributed by atoms with Crippen molar-refractivity contribution in [3.63, 3.8) is 0 Å². The first kappa shape index (κ1) is 23.1. The highest BCUT2D eigenvalue weighted by atomic mass is 16.3. The zero-order valence-corrected chi connectivity index (χ0v) is 21.3. The summed E-state index contributed by atoms with van der Waals surface area (Å²) in [6.07, 6.45) is 13.9. The van der Waals surface area contributed by atoms with Gasteiger partial charge in [-0.2, -0.15) is 0 Å². The first-order valence-electron chi connectivity index (χ1n) is 13.8. The Kier molecular flexibility index (Phi) is 6.47. The molecule has 4 fully saturated rings. The van der Waals surface area contributed by atoms with E-state index in [2.05, 4.69) is 48.5 Å². The number of rotatable bonds is 5. The SMILES string of the molecule is CC(C)[C@@H](C)CC[C@@H](C)C1CCC2C3CCC4[C@H](C)C(O)CCC4(C)C3CCC21C. The summed E-state index contributed by atoms with van der Waals surface area (Å²) in [4.78, 5) is 0. The van der Waals surface area contributed by atoms with Crippen LogP contribution in [0.2, 0.25) is 0 Å². The Morgan fingerprint density at radius 1 is 0.767 bits per heavy atom. The van der Waals surface area contributed by atoms with Crippen LogP contribution in [0, 0.1) is 64.1 Å². The van der Waals surface area contributed by atoms with E-state index in [0.717, 1.165) is 53.8 Å². The van der Waals surface area contributed by atoms with E-state index in [9.17, 15) is 5.11 Å². The summed E-state index contributed by atoms with van der Waals surface area (Å²) < 4.78 is 0. The van der Waals surface area contributed by atoms with E-state index < -0.39 is 0 Å². The fourth-order valence-electron chi connectivity index (χ4n) is 9.75. The van der Waals surface area contributed by atoms with Crippen molar-refractivity contribution in [1.82, 2.24) is 0 Å². The largest absolute Gasteiger partial charge is 0.393 e. The second kappa shape index (κ2) is 8.39. The standard InChI is InChI=1S/C29H52O/c1-18(2)19(3)8-9-20(4)23-12-13-25-22-10-11-24-21(5)27(30)15-17-29(24,7)26(22)14-16-28(23,25)6/h18-27,30H,8-17H2,1-7H3/t19-,20+,21-,22?,23?,24?,25?,26?,27?,28?,29?/m0/s1. The van der Waals surface area contributed by atoms with Crippen LogP contribution >= 0.6 is 0 Å². The van der Waals surface area contributed by atoms with Gasteiger partial charge in [0.15, 0.2) is 0 Å². The van der Waals surface area contributed by atoms with Gasteiger partial charge in [0.05, 0.1) is 6.10 Å². The minimum atomic E-state index is -0.0431. The number of fused-ring (bicyclic) bond motifs is 5. The number of aliphatic hydroxyl groups is 1. The van der Waals surface area contributed by atoms with E-state index in [-0.39, 0.29) is 6.10 Å². The van der Waals surface area contributed by atoms with Crippen LogP contribution in [0.3, 0.4) is 0 Å². The molecule has 8 unspecified atom stereocenters. The molecule has 0 heterocycles. The molecule has 0 radical (unpaired) electrons. The van der Waals surface area contributed by atoms with Gasteiger partial charge in [0, 0.05) is 0 Å². The van der Waals surface area contributed by atoms with E-state index >= 15 is 0 Å². The average Bonchev–Trinajstić information content (AvgIpc) is 3.06. The van der Waals surface area contributed by atoms with Crippen LogP contribution in [0.25, 0.3) is 0 Å². The maximum atomic E-state index is 10.5. The summed E-state index contributed by atoms with van der Waals surface area (Å²) in [5.41, 5.74) is 1.10. The smallest absolute Gasteiger partial charge is 0.0568 e. The predicted octanol–water partition coefficient (Wildman–Crippen LogP) is 7.96. The highest BCUT2D eigenvalue weighted by Gasteiger charge is 2.61. The highest BCUT2D eigenvalue weighted by Crippen LogP contribution is 2.68. The maximum Gasteiger partial charge on any atom is 0.0568 e. The van der Waals surface area contributed by atoms with Crippen LogP contribution in [0.5, 0.6) is 0 Å². The van der Waals surface area contributed by atoms with Gasteiger partial charge in [0.1, 0.15) is 0 Å². The summed E-state index contributed by atoms with van der Waals surface area (Å²) in [6.45, 7) is 17.6. The lowest BCUT2D eigenvalue weighted by atomic mass is 9.43. The average molecular weight is 417 g/mol. The third kappa shape index (κ3) is 3.62. The molecule has 1 nitrogen and oxygen atoms in total. The van der Waals surface area contributed by atoms with Gasteiger partial charge in [0.25, 0.3) is 0 Å². The molecular weight excluding hydrogens is 364 g/mol. The Balaban J connectivity index is 1.47. The third-order valence-corrected chi connectivity index (χ3v) is 12.1. The molecule has 4 aliphatic rings. The second-order valence-corrected chi connectivity index (χ2v) is 13.5. The van der Waals surface area contributed by atoms with Crippen LogP contribution in [0.1, 0.15) is 113 Å². The monoisotopic (exact) mass is 416 g/mol. The molecule has 4 aliphatic carbocycles. The molecule has 0 aromatic rings. The normalized spacial score (nSPS) is 50.5. The lowest BCUT2D eigenvalue weighted by Gasteiger charge is -2.62. The molecule has 0 aliphatic heterocycles. The van der Waals surface area contributed by atoms with Gasteiger partial charge < -0.3 is 5.11 Å². The molecule has 0 saturated heterocycles. The molecule has 4 saturated carbocycles. The Morgan fingerprint density at radius 3 is 2.10 bits per heavy atom. The van der Waals surface area contributed by atoms with E-state index in [1.807, 2.05) is 0 Å². The molecular formula is C29H52O. The molecule has 1 heteroatoms. The van der Waals surface area contributed by atoms with E-state index in [0.29, 0.717) is 16.7 Å². The predicted molar refractivity (Wildman–Crippen MR) is 128 cm³/mol. The highest BCUT2D eigenvalue weighted by molar-refractivity contribution is 5.10. The van der Waals surface area contributed by atoms with Gasteiger partial charge in [-0.15, -0.1) is 0 Å². The van der Waals surface area contributed by atoms with Crippen LogP contribution in [0.4, 0.5) is 0 Å². The summed E-state index contributed by atoms with van der Waals surface area (Å²) in [6, 6.07) is 0. The van der Waals surface area contributed by atoms with Crippen LogP contribution in [0.15, 0.2) is 0 Å². The van der Waals surface area contributed by atoms with Crippen LogP contribution in [-0.4, -0.2) is 11.2 Å². The van der Waals surface area contributed by atoms with E-state index in [4.69, 9.17) is 0 Å². The quantitative estimate of drug-likeness (QED) is 0.482. The number of hydrogen-bond donors (Lipinski definition) is 1. The summed E-state index contributed by atoms with van der Waals surface area (Å²) in [7, 11) is 0. The fourth-order valence-corrected chi connectivity index (χ4v) is 9.75. The first-order chi connectivity index (χ1) is 14.1. The summed E-state index contributed by atoms with van der Waals surface area (Å²) in [5, 5.41) is 10.5. The number of hydrogen-bond acceptors (Lipinski definition) is 1. The van der Waals surface area contributed by atoms with Gasteiger partial charge in [-0.05, 0) is 115 Å². The Hall–Kier alpha value is -0.0400. The zero-order chi connectivity index (χ0) is 21.8. The Morgan fingerprint density at radius 2 is 1.40 bits per heavy atom. The Labute approximate surface area is 188 Å². The van der Waals surface area contributed by atoms with Crippen LogP contribution in [-0.2, 0) is 0 Å². The number of aliphatic hydroxyl groups excluding tert-OH is 1. The maximum absolute atomic E-state index is 10.5. The zero-order valence-electron chi connectivity index (χ0n) is 21.3. The lowest BCUT2D eigenvalue weighted by Crippen LogP contribution is -2.56. The van der Waals surface area contributed by atoms with Crippen molar-refractivity contribution in [1.29, 1.82) is 0 Å². The van der Waals surface area contributed by atoms with Gasteiger partial charge in [-0.3, -0.25) is 0 Å². The van der Waals surface area contributed by atoms with Crippen molar-refractivity contribution >= 4 is 0 Å². The van der Waals surface area contributed by atoms with Crippen molar-refractivity contribution in [3.05, 3.63) is 0 Å². The molecule has 174 valence electrons. The minimum absolute atomic E-state index is 0.0431. The molecule has 11 atom stereocenters. The molecule has 30 heavy (non-hydrogen) atoms. The third-order valence-electron chi connectivity index (χ3n) is 12.1. The van der Waals surface area contributed by atoms with Gasteiger partial charge in [0.2, 0.25) is 0 Å². The molecule has 0 aromatic carbocycles. The van der Waals surface area contributed by atoms with E-state index in [1.54, 1.807) is 0 Å². The molecule has 4 rings (SSSR count). The molecule has 0 aromatic heterocycles. The van der Waals surface area contributed by atoms with Crippen molar-refractivity contribution in [2.75, 3.05) is 0 Å².